The monoisotopic (exact) mass is 244 g/mol. The van der Waals surface area contributed by atoms with E-state index in [1.807, 2.05) is 0 Å². The summed E-state index contributed by atoms with van der Waals surface area (Å²) < 4.78 is 5.21. The van der Waals surface area contributed by atoms with E-state index in [-0.39, 0.29) is 5.91 Å². The second-order valence-corrected chi connectivity index (χ2v) is 4.76. The van der Waals surface area contributed by atoms with Gasteiger partial charge >= 0.3 is 0 Å². The van der Waals surface area contributed by atoms with Gasteiger partial charge in [-0.3, -0.25) is 4.79 Å². The van der Waals surface area contributed by atoms with Crippen molar-refractivity contribution in [3.63, 3.8) is 0 Å². The lowest BCUT2D eigenvalue weighted by atomic mass is 9.94. The van der Waals surface area contributed by atoms with Gasteiger partial charge in [-0.05, 0) is 13.0 Å². The normalized spacial score (nSPS) is 19.0. The van der Waals surface area contributed by atoms with Gasteiger partial charge in [-0.25, -0.2) is 0 Å². The van der Waals surface area contributed by atoms with E-state index in [2.05, 4.69) is 12.2 Å². The number of carbonyl (C=O) groups is 1. The van der Waals surface area contributed by atoms with E-state index < -0.39 is 5.60 Å². The molecule has 5 nitrogen and oxygen atoms in total. The highest BCUT2D eigenvalue weighted by molar-refractivity contribution is 5.78. The van der Waals surface area contributed by atoms with Gasteiger partial charge in [-0.2, -0.15) is 0 Å². The maximum absolute atomic E-state index is 11.8. The van der Waals surface area contributed by atoms with E-state index in [1.165, 1.54) is 0 Å². The van der Waals surface area contributed by atoms with E-state index >= 15 is 0 Å². The van der Waals surface area contributed by atoms with Crippen LogP contribution in [0, 0.1) is 0 Å². The lowest BCUT2D eigenvalue weighted by Gasteiger charge is -2.35. The first-order valence-electron chi connectivity index (χ1n) is 6.32. The highest BCUT2D eigenvalue weighted by Crippen LogP contribution is 2.21. The third-order valence-electron chi connectivity index (χ3n) is 3.08. The molecule has 0 atom stereocenters. The Balaban J connectivity index is 2.31. The highest BCUT2D eigenvalue weighted by Gasteiger charge is 2.32. The molecule has 1 aliphatic rings. The number of hydrogen-bond donors (Lipinski definition) is 2. The summed E-state index contributed by atoms with van der Waals surface area (Å²) in [4.78, 5) is 13.4. The van der Waals surface area contributed by atoms with Crippen molar-refractivity contribution in [1.29, 1.82) is 0 Å². The fourth-order valence-electron chi connectivity index (χ4n) is 1.95. The molecule has 1 aliphatic heterocycles. The first-order chi connectivity index (χ1) is 8.07. The Morgan fingerprint density at radius 1 is 1.47 bits per heavy atom. The number of amides is 1. The van der Waals surface area contributed by atoms with Crippen LogP contribution in [0.4, 0.5) is 0 Å². The molecule has 0 aromatic carbocycles. The SMILES string of the molecule is CCCNCC(=O)N(C)CC1(O)CCOCC1. The summed E-state index contributed by atoms with van der Waals surface area (Å²) in [6, 6.07) is 0. The summed E-state index contributed by atoms with van der Waals surface area (Å²) in [5.41, 5.74) is -0.770. The third-order valence-corrected chi connectivity index (χ3v) is 3.08. The van der Waals surface area contributed by atoms with Crippen LogP contribution < -0.4 is 5.32 Å². The van der Waals surface area contributed by atoms with Crippen molar-refractivity contribution in [2.45, 2.75) is 31.8 Å². The van der Waals surface area contributed by atoms with Crippen molar-refractivity contribution in [3.8, 4) is 0 Å². The molecule has 0 aromatic heterocycles. The Hall–Kier alpha value is -0.650. The number of rotatable bonds is 6. The minimum absolute atomic E-state index is 0.0263. The summed E-state index contributed by atoms with van der Waals surface area (Å²) in [7, 11) is 1.74. The Bertz CT molecular complexity index is 240. The topological polar surface area (TPSA) is 61.8 Å². The molecule has 1 fully saturated rings. The van der Waals surface area contributed by atoms with Gasteiger partial charge in [0.25, 0.3) is 0 Å². The molecule has 1 heterocycles. The lowest BCUT2D eigenvalue weighted by molar-refractivity contribution is -0.135. The van der Waals surface area contributed by atoms with E-state index in [0.29, 0.717) is 39.1 Å². The van der Waals surface area contributed by atoms with E-state index in [1.54, 1.807) is 11.9 Å². The minimum Gasteiger partial charge on any atom is -0.388 e. The molecular formula is C12H24N2O3. The third kappa shape index (κ3) is 5.02. The van der Waals surface area contributed by atoms with Gasteiger partial charge in [0, 0.05) is 39.6 Å². The summed E-state index contributed by atoms with van der Waals surface area (Å²) >= 11 is 0. The van der Waals surface area contributed by atoms with Crippen LogP contribution in [0.3, 0.4) is 0 Å². The van der Waals surface area contributed by atoms with Gasteiger partial charge in [0.15, 0.2) is 0 Å². The average molecular weight is 244 g/mol. The number of hydrogen-bond acceptors (Lipinski definition) is 4. The molecular weight excluding hydrogens is 220 g/mol. The number of nitrogens with one attached hydrogen (secondary N) is 1. The van der Waals surface area contributed by atoms with Crippen LogP contribution in [0.25, 0.3) is 0 Å². The number of aliphatic hydroxyl groups is 1. The van der Waals surface area contributed by atoms with Gasteiger partial charge in [0.05, 0.1) is 12.1 Å². The van der Waals surface area contributed by atoms with Crippen molar-refractivity contribution < 1.29 is 14.6 Å². The van der Waals surface area contributed by atoms with Crippen LogP contribution in [0.5, 0.6) is 0 Å². The van der Waals surface area contributed by atoms with Gasteiger partial charge in [-0.15, -0.1) is 0 Å². The minimum atomic E-state index is -0.770. The molecule has 1 rings (SSSR count). The number of ether oxygens (including phenoxy) is 1. The highest BCUT2D eigenvalue weighted by atomic mass is 16.5. The van der Waals surface area contributed by atoms with Gasteiger partial charge in [0.2, 0.25) is 5.91 Å². The Labute approximate surface area is 103 Å². The summed E-state index contributed by atoms with van der Waals surface area (Å²) in [6.07, 6.45) is 2.22. The maximum atomic E-state index is 11.8. The molecule has 0 saturated carbocycles. The van der Waals surface area contributed by atoms with Crippen molar-refractivity contribution in [2.75, 3.05) is 39.9 Å². The second-order valence-electron chi connectivity index (χ2n) is 4.76. The van der Waals surface area contributed by atoms with Crippen LogP contribution >= 0.6 is 0 Å². The van der Waals surface area contributed by atoms with Crippen LogP contribution in [0.15, 0.2) is 0 Å². The molecule has 0 unspecified atom stereocenters. The maximum Gasteiger partial charge on any atom is 0.236 e. The predicted molar refractivity (Wildman–Crippen MR) is 65.8 cm³/mol. The largest absolute Gasteiger partial charge is 0.388 e. The zero-order chi connectivity index (χ0) is 12.7. The molecule has 0 spiro atoms. The molecule has 2 N–H and O–H groups in total. The summed E-state index contributed by atoms with van der Waals surface area (Å²) in [5.74, 6) is 0.0263. The standard InChI is InChI=1S/C12H24N2O3/c1-3-6-13-9-11(15)14(2)10-12(16)4-7-17-8-5-12/h13,16H,3-10H2,1-2H3. The van der Waals surface area contributed by atoms with Crippen LogP contribution in [0.1, 0.15) is 26.2 Å². The Morgan fingerprint density at radius 3 is 2.71 bits per heavy atom. The van der Waals surface area contributed by atoms with E-state index in [0.717, 1.165) is 13.0 Å². The molecule has 100 valence electrons. The zero-order valence-corrected chi connectivity index (χ0v) is 10.9. The fourth-order valence-corrected chi connectivity index (χ4v) is 1.95. The number of likely N-dealkylation sites (N-methyl/N-ethyl adjacent to an activating group) is 1. The zero-order valence-electron chi connectivity index (χ0n) is 10.9. The summed E-state index contributed by atoms with van der Waals surface area (Å²) in [5, 5.41) is 13.3. The van der Waals surface area contributed by atoms with Gasteiger partial charge < -0.3 is 20.1 Å². The quantitative estimate of drug-likeness (QED) is 0.645. The molecule has 1 amide bonds. The van der Waals surface area contributed by atoms with E-state index in [4.69, 9.17) is 4.74 Å². The van der Waals surface area contributed by atoms with Gasteiger partial charge in [-0.1, -0.05) is 6.92 Å². The Morgan fingerprint density at radius 2 is 2.12 bits per heavy atom. The van der Waals surface area contributed by atoms with Crippen LogP contribution in [-0.4, -0.2) is 61.4 Å². The lowest BCUT2D eigenvalue weighted by Crippen LogP contribution is -2.49. The molecule has 17 heavy (non-hydrogen) atoms. The average Bonchev–Trinajstić information content (AvgIpc) is 2.29. The molecule has 0 aromatic rings. The number of carbonyl (C=O) groups excluding carboxylic acids is 1. The molecule has 5 heteroatoms. The predicted octanol–water partition coefficient (Wildman–Crippen LogP) is -0.0141. The van der Waals surface area contributed by atoms with Crippen molar-refractivity contribution in [2.24, 2.45) is 0 Å². The fraction of sp³-hybridized carbons (Fsp3) is 0.917. The van der Waals surface area contributed by atoms with Crippen molar-refractivity contribution in [1.82, 2.24) is 10.2 Å². The van der Waals surface area contributed by atoms with Gasteiger partial charge in [0.1, 0.15) is 0 Å². The van der Waals surface area contributed by atoms with E-state index in [9.17, 15) is 9.90 Å². The number of nitrogens with zero attached hydrogens (tertiary/aromatic N) is 1. The molecule has 0 radical (unpaired) electrons. The second kappa shape index (κ2) is 6.93. The summed E-state index contributed by atoms with van der Waals surface area (Å²) in [6.45, 7) is 4.79. The molecule has 0 aliphatic carbocycles. The Kier molecular flexibility index (Phi) is 5.88. The van der Waals surface area contributed by atoms with Crippen LogP contribution in [-0.2, 0) is 9.53 Å². The van der Waals surface area contributed by atoms with Crippen molar-refractivity contribution in [3.05, 3.63) is 0 Å². The first kappa shape index (κ1) is 14.4. The van der Waals surface area contributed by atoms with Crippen molar-refractivity contribution >= 4 is 5.91 Å². The van der Waals surface area contributed by atoms with Crippen LogP contribution in [0.2, 0.25) is 0 Å². The molecule has 0 bridgehead atoms. The smallest absolute Gasteiger partial charge is 0.236 e. The molecule has 1 saturated heterocycles. The first-order valence-corrected chi connectivity index (χ1v) is 6.32.